The summed E-state index contributed by atoms with van der Waals surface area (Å²) in [5.41, 5.74) is 9.64. The number of nitrogens with zero attached hydrogens (tertiary/aromatic N) is 5. The van der Waals surface area contributed by atoms with Crippen LogP contribution in [0.5, 0.6) is 0 Å². The SMILES string of the molecule is Brc1ccc(-c2cc(-c3ccccn3)nc(-c3ccccn3)c2)cc1.Cc1ccc2ccc3ccc(C)nc3c2n1.[Cl-].[O-][Cl+3]([O-])([O-])[O-].[Ru+2]. The second-order valence-corrected chi connectivity index (χ2v) is 11.7. The molecule has 5 heterocycles. The summed E-state index contributed by atoms with van der Waals surface area (Å²) in [6.45, 7) is 4.02. The second kappa shape index (κ2) is 17.6. The van der Waals surface area contributed by atoms with E-state index in [-0.39, 0.29) is 31.9 Å². The van der Waals surface area contributed by atoms with Crippen LogP contribution in [0.1, 0.15) is 11.4 Å². The zero-order valence-corrected chi connectivity index (χ0v) is 30.2. The van der Waals surface area contributed by atoms with Crippen molar-refractivity contribution in [1.82, 2.24) is 24.9 Å². The fraction of sp³-hybridized carbons (Fsp3) is 0.0571. The quantitative estimate of drug-likeness (QED) is 0.189. The number of benzene rings is 2. The van der Waals surface area contributed by atoms with Crippen molar-refractivity contribution >= 4 is 37.7 Å². The van der Waals surface area contributed by atoms with Crippen LogP contribution >= 0.6 is 15.9 Å². The van der Waals surface area contributed by atoms with Gasteiger partial charge in [-0.25, -0.2) is 23.6 Å². The van der Waals surface area contributed by atoms with Crippen LogP contribution in [0.4, 0.5) is 0 Å². The van der Waals surface area contributed by atoms with Crippen LogP contribution in [-0.4, -0.2) is 24.9 Å². The van der Waals surface area contributed by atoms with Gasteiger partial charge in [0.1, 0.15) is 0 Å². The third-order valence-corrected chi connectivity index (χ3v) is 7.18. The molecule has 0 amide bonds. The Balaban J connectivity index is 0.000000234. The molecule has 48 heavy (non-hydrogen) atoms. The molecule has 13 heteroatoms. The van der Waals surface area contributed by atoms with E-state index >= 15 is 0 Å². The van der Waals surface area contributed by atoms with Gasteiger partial charge in [0.25, 0.3) is 0 Å². The van der Waals surface area contributed by atoms with E-state index < -0.39 is 10.2 Å². The Morgan fingerprint density at radius 3 is 1.33 bits per heavy atom. The molecule has 0 bridgehead atoms. The van der Waals surface area contributed by atoms with Crippen LogP contribution in [0.3, 0.4) is 0 Å². The molecule has 0 fully saturated rings. The number of pyridine rings is 5. The summed E-state index contributed by atoms with van der Waals surface area (Å²) >= 11 is 3.49. The Morgan fingerprint density at radius 2 is 0.938 bits per heavy atom. The van der Waals surface area contributed by atoms with E-state index in [1.807, 2.05) is 74.5 Å². The van der Waals surface area contributed by atoms with Crippen molar-refractivity contribution in [2.75, 3.05) is 0 Å². The molecule has 0 aliphatic carbocycles. The van der Waals surface area contributed by atoms with Gasteiger partial charge in [-0.1, -0.05) is 64.5 Å². The number of halogens is 3. The summed E-state index contributed by atoms with van der Waals surface area (Å²) in [6, 6.07) is 36.5. The number of hydrogen-bond donors (Lipinski definition) is 0. The van der Waals surface area contributed by atoms with Gasteiger partial charge in [0.2, 0.25) is 0 Å². The van der Waals surface area contributed by atoms with Crippen molar-refractivity contribution in [1.29, 1.82) is 0 Å². The summed E-state index contributed by atoms with van der Waals surface area (Å²) in [6.07, 6.45) is 3.56. The smallest absolute Gasteiger partial charge is 1.00 e. The van der Waals surface area contributed by atoms with Crippen LogP contribution in [0.15, 0.2) is 126 Å². The first kappa shape index (κ1) is 38.7. The van der Waals surface area contributed by atoms with Crippen molar-refractivity contribution in [3.05, 3.63) is 137 Å². The van der Waals surface area contributed by atoms with E-state index in [1.54, 1.807) is 12.4 Å². The summed E-state index contributed by atoms with van der Waals surface area (Å²) in [7, 11) is -4.94. The van der Waals surface area contributed by atoms with Gasteiger partial charge in [0.15, 0.2) is 0 Å². The first-order chi connectivity index (χ1) is 22.0. The van der Waals surface area contributed by atoms with Gasteiger partial charge in [0.05, 0.1) is 33.8 Å². The van der Waals surface area contributed by atoms with Crippen LogP contribution < -0.4 is 31.0 Å². The zero-order valence-electron chi connectivity index (χ0n) is 25.4. The van der Waals surface area contributed by atoms with Gasteiger partial charge in [-0.2, -0.15) is 0 Å². The first-order valence-corrected chi connectivity index (χ1v) is 15.9. The molecule has 5 aromatic heterocycles. The average molecular weight is 833 g/mol. The first-order valence-electron chi connectivity index (χ1n) is 13.9. The third kappa shape index (κ3) is 10.9. The molecular formula is C35H26BrCl2N5O4Ru. The number of aromatic nitrogens is 5. The normalized spacial score (nSPS) is 10.5. The minimum Gasteiger partial charge on any atom is -1.00 e. The van der Waals surface area contributed by atoms with Crippen molar-refractivity contribution in [3.8, 4) is 33.9 Å². The molecule has 2 aromatic carbocycles. The molecule has 0 aliphatic heterocycles. The maximum Gasteiger partial charge on any atom is 2.00 e. The van der Waals surface area contributed by atoms with E-state index in [2.05, 4.69) is 84.4 Å². The Labute approximate surface area is 306 Å². The van der Waals surface area contributed by atoms with Crippen LogP contribution in [0, 0.1) is 24.1 Å². The summed E-state index contributed by atoms with van der Waals surface area (Å²) in [5, 5.41) is 2.30. The topological polar surface area (TPSA) is 157 Å². The molecule has 0 atom stereocenters. The Morgan fingerprint density at radius 1 is 0.521 bits per heavy atom. The number of aryl methyl sites for hydroxylation is 2. The molecule has 0 spiro atoms. The van der Waals surface area contributed by atoms with Crippen molar-refractivity contribution in [2.24, 2.45) is 0 Å². The van der Waals surface area contributed by atoms with Gasteiger partial charge in [0, 0.05) is 39.0 Å². The van der Waals surface area contributed by atoms with Gasteiger partial charge in [-0.3, -0.25) is 19.9 Å². The summed E-state index contributed by atoms with van der Waals surface area (Å²) in [4.78, 5) is 22.8. The van der Waals surface area contributed by atoms with Gasteiger partial charge in [-0.05, 0) is 85.6 Å². The molecule has 9 nitrogen and oxygen atoms in total. The monoisotopic (exact) mass is 831 g/mol. The molecule has 0 saturated heterocycles. The average Bonchev–Trinajstić information content (AvgIpc) is 3.05. The minimum absolute atomic E-state index is 0. The van der Waals surface area contributed by atoms with E-state index in [0.29, 0.717) is 0 Å². The van der Waals surface area contributed by atoms with Crippen molar-refractivity contribution < 1.29 is 60.8 Å². The molecule has 0 aliphatic rings. The van der Waals surface area contributed by atoms with Crippen LogP contribution in [0.25, 0.3) is 55.7 Å². The summed E-state index contributed by atoms with van der Waals surface area (Å²) < 4.78 is 35.0. The van der Waals surface area contributed by atoms with E-state index in [4.69, 9.17) is 23.6 Å². The Hall–Kier alpha value is -3.77. The van der Waals surface area contributed by atoms with E-state index in [9.17, 15) is 0 Å². The minimum atomic E-state index is -4.94. The second-order valence-electron chi connectivity index (χ2n) is 10.1. The third-order valence-electron chi connectivity index (χ3n) is 6.66. The fourth-order valence-corrected chi connectivity index (χ4v) is 4.86. The largest absolute Gasteiger partial charge is 2.00 e. The van der Waals surface area contributed by atoms with Gasteiger partial charge < -0.3 is 12.4 Å². The van der Waals surface area contributed by atoms with E-state index in [1.165, 1.54) is 0 Å². The standard InChI is InChI=1S/C21H14BrN3.C14H12N2.ClHO4.ClH.Ru/c22-17-9-7-15(8-10-17)16-13-20(18-5-1-3-11-23-18)25-21(14-16)19-6-2-4-12-24-19;1-9-3-5-11-7-8-12-6-4-10(2)16-14(12)13(11)15-9;2-1(3,4)5;;/h1-14H;3-8H,1-2H3;(H,2,3,4,5);1H;/q;;;;+2/p-2. The molecule has 244 valence electrons. The number of hydrogen-bond acceptors (Lipinski definition) is 9. The van der Waals surface area contributed by atoms with Gasteiger partial charge >= 0.3 is 19.5 Å². The summed E-state index contributed by atoms with van der Waals surface area (Å²) in [5.74, 6) is 0. The van der Waals surface area contributed by atoms with Crippen LogP contribution in [-0.2, 0) is 19.5 Å². The number of rotatable bonds is 3. The molecular weight excluding hydrogens is 806 g/mol. The maximum absolute atomic E-state index is 8.49. The van der Waals surface area contributed by atoms with Crippen molar-refractivity contribution in [2.45, 2.75) is 13.8 Å². The van der Waals surface area contributed by atoms with Crippen LogP contribution in [0.2, 0.25) is 0 Å². The number of fused-ring (bicyclic) bond motifs is 3. The predicted octanol–water partition coefficient (Wildman–Crippen LogP) is 1.28. The van der Waals surface area contributed by atoms with E-state index in [0.717, 1.165) is 71.6 Å². The molecule has 0 radical (unpaired) electrons. The molecule has 7 rings (SSSR count). The maximum atomic E-state index is 8.49. The molecule has 7 aromatic rings. The Bertz CT molecular complexity index is 1970. The fourth-order valence-electron chi connectivity index (χ4n) is 4.59. The Kier molecular flexibility index (Phi) is 14.2. The molecule has 0 unspecified atom stereocenters. The molecule has 0 saturated carbocycles. The molecule has 0 N–H and O–H groups in total. The zero-order chi connectivity index (χ0) is 32.7. The predicted molar refractivity (Wildman–Crippen MR) is 170 cm³/mol. The van der Waals surface area contributed by atoms with Gasteiger partial charge in [-0.15, -0.1) is 10.2 Å². The van der Waals surface area contributed by atoms with Crippen molar-refractivity contribution in [3.63, 3.8) is 0 Å².